The number of amides is 2. The van der Waals surface area contributed by atoms with E-state index in [0.29, 0.717) is 18.0 Å². The Hall–Kier alpha value is -4.05. The summed E-state index contributed by atoms with van der Waals surface area (Å²) < 4.78 is 39.7. The maximum Gasteiger partial charge on any atom is 0.264 e. The van der Waals surface area contributed by atoms with Crippen molar-refractivity contribution in [2.45, 2.75) is 51.1 Å². The Morgan fingerprint density at radius 1 is 0.927 bits per heavy atom. The summed E-state index contributed by atoms with van der Waals surface area (Å²) in [4.78, 5) is 28.6. The lowest BCUT2D eigenvalue weighted by atomic mass is 10.1. The number of carbonyl (C=O) groups is 2. The Kier molecular flexibility index (Phi) is 11.2. The highest BCUT2D eigenvalue weighted by atomic mass is 32.2. The molecular formula is C31H39N3O6S. The molecule has 1 N–H and O–H groups in total. The van der Waals surface area contributed by atoms with Crippen LogP contribution >= 0.6 is 0 Å². The van der Waals surface area contributed by atoms with Gasteiger partial charge in [0.1, 0.15) is 24.1 Å². The van der Waals surface area contributed by atoms with Gasteiger partial charge in [-0.2, -0.15) is 0 Å². The largest absolute Gasteiger partial charge is 0.497 e. The first-order chi connectivity index (χ1) is 19.6. The van der Waals surface area contributed by atoms with Crippen molar-refractivity contribution >= 4 is 27.5 Å². The summed E-state index contributed by atoms with van der Waals surface area (Å²) in [6.07, 6.45) is 1.72. The number of anilines is 1. The number of nitrogens with one attached hydrogen (secondary N) is 1. The van der Waals surface area contributed by atoms with Crippen molar-refractivity contribution in [1.29, 1.82) is 0 Å². The number of aryl methyl sites for hydroxylation is 1. The Labute approximate surface area is 243 Å². The Morgan fingerprint density at radius 3 is 2.20 bits per heavy atom. The summed E-state index contributed by atoms with van der Waals surface area (Å²) in [7, 11) is -1.18. The molecule has 1 atom stereocenters. The summed E-state index contributed by atoms with van der Waals surface area (Å²) in [6, 6.07) is 19.3. The molecule has 41 heavy (non-hydrogen) atoms. The lowest BCUT2D eigenvalue weighted by molar-refractivity contribution is -0.139. The van der Waals surface area contributed by atoms with E-state index < -0.39 is 28.5 Å². The molecule has 220 valence electrons. The summed E-state index contributed by atoms with van der Waals surface area (Å²) in [6.45, 7) is 5.57. The van der Waals surface area contributed by atoms with E-state index in [0.717, 1.165) is 28.3 Å². The number of benzene rings is 3. The highest BCUT2D eigenvalue weighted by molar-refractivity contribution is 7.92. The van der Waals surface area contributed by atoms with E-state index in [9.17, 15) is 18.0 Å². The van der Waals surface area contributed by atoms with Crippen LogP contribution in [0.1, 0.15) is 37.8 Å². The molecule has 0 aliphatic rings. The Balaban J connectivity index is 2.03. The van der Waals surface area contributed by atoms with Gasteiger partial charge in [-0.1, -0.05) is 55.3 Å². The van der Waals surface area contributed by atoms with Crippen LogP contribution in [-0.2, 0) is 26.2 Å². The van der Waals surface area contributed by atoms with Crippen LogP contribution in [0.5, 0.6) is 11.5 Å². The van der Waals surface area contributed by atoms with Crippen LogP contribution in [0.4, 0.5) is 5.69 Å². The monoisotopic (exact) mass is 581 g/mol. The van der Waals surface area contributed by atoms with E-state index >= 15 is 0 Å². The molecule has 3 rings (SSSR count). The minimum atomic E-state index is -4.19. The van der Waals surface area contributed by atoms with Crippen molar-refractivity contribution in [1.82, 2.24) is 10.2 Å². The summed E-state index contributed by atoms with van der Waals surface area (Å²) >= 11 is 0. The predicted molar refractivity (Wildman–Crippen MR) is 160 cm³/mol. The number of rotatable bonds is 14. The van der Waals surface area contributed by atoms with Crippen LogP contribution in [0, 0.1) is 6.92 Å². The molecule has 3 aromatic carbocycles. The fraction of sp³-hybridized carbons (Fsp3) is 0.355. The summed E-state index contributed by atoms with van der Waals surface area (Å²) in [5.41, 5.74) is 1.88. The van der Waals surface area contributed by atoms with Gasteiger partial charge in [-0.25, -0.2) is 8.42 Å². The van der Waals surface area contributed by atoms with E-state index in [1.807, 2.05) is 26.0 Å². The third-order valence-electron chi connectivity index (χ3n) is 6.75. The van der Waals surface area contributed by atoms with Gasteiger partial charge in [-0.15, -0.1) is 0 Å². The topological polar surface area (TPSA) is 105 Å². The zero-order chi connectivity index (χ0) is 30.0. The lowest BCUT2D eigenvalue weighted by Gasteiger charge is -2.32. The number of ether oxygens (including phenoxy) is 2. The molecular weight excluding hydrogens is 542 g/mol. The first-order valence-electron chi connectivity index (χ1n) is 13.5. The van der Waals surface area contributed by atoms with Gasteiger partial charge >= 0.3 is 0 Å². The molecule has 10 heteroatoms. The van der Waals surface area contributed by atoms with Crippen LogP contribution in [0.3, 0.4) is 0 Å². The molecule has 0 spiro atoms. The molecule has 0 aliphatic heterocycles. The smallest absolute Gasteiger partial charge is 0.264 e. The summed E-state index contributed by atoms with van der Waals surface area (Å²) in [5.74, 6) is 0.0951. The highest BCUT2D eigenvalue weighted by Gasteiger charge is 2.33. The van der Waals surface area contributed by atoms with Gasteiger partial charge in [-0.05, 0) is 62.2 Å². The quantitative estimate of drug-likeness (QED) is 0.280. The molecule has 0 aromatic heterocycles. The van der Waals surface area contributed by atoms with Gasteiger partial charge in [0.05, 0.1) is 24.8 Å². The highest BCUT2D eigenvalue weighted by Crippen LogP contribution is 2.32. The number of para-hydroxylation sites is 2. The molecule has 3 aromatic rings. The average Bonchev–Trinajstić information content (AvgIpc) is 2.98. The second-order valence-corrected chi connectivity index (χ2v) is 11.5. The second-order valence-electron chi connectivity index (χ2n) is 9.69. The van der Waals surface area contributed by atoms with Crippen LogP contribution < -0.4 is 19.1 Å². The second kappa shape index (κ2) is 14.5. The van der Waals surface area contributed by atoms with Gasteiger partial charge < -0.3 is 19.7 Å². The fourth-order valence-corrected chi connectivity index (χ4v) is 5.66. The van der Waals surface area contributed by atoms with Crippen molar-refractivity contribution in [2.75, 3.05) is 31.6 Å². The molecule has 0 aliphatic carbocycles. The number of carbonyl (C=O) groups excluding carboxylic acids is 2. The van der Waals surface area contributed by atoms with Gasteiger partial charge in [0.25, 0.3) is 10.0 Å². The molecule has 0 saturated heterocycles. The first-order valence-corrected chi connectivity index (χ1v) is 15.0. The SMILES string of the molecule is CCCCNC(=O)[C@@H](C)N(Cc1ccc(OC)cc1)C(=O)CN(c1ccccc1OC)S(=O)(=O)c1ccc(C)cc1. The molecule has 2 amide bonds. The lowest BCUT2D eigenvalue weighted by Crippen LogP contribution is -2.51. The number of hydrogen-bond donors (Lipinski definition) is 1. The molecule has 9 nitrogen and oxygen atoms in total. The van der Waals surface area contributed by atoms with Crippen LogP contribution in [-0.4, -0.2) is 58.5 Å². The third-order valence-corrected chi connectivity index (χ3v) is 8.52. The van der Waals surface area contributed by atoms with Gasteiger partial charge in [0, 0.05) is 13.1 Å². The first kappa shape index (κ1) is 31.5. The number of nitrogens with zero attached hydrogens (tertiary/aromatic N) is 2. The molecule has 0 fully saturated rings. The molecule has 0 radical (unpaired) electrons. The fourth-order valence-electron chi connectivity index (χ4n) is 4.23. The predicted octanol–water partition coefficient (Wildman–Crippen LogP) is 4.54. The van der Waals surface area contributed by atoms with Crippen LogP contribution in [0.2, 0.25) is 0 Å². The van der Waals surface area contributed by atoms with E-state index in [-0.39, 0.29) is 23.0 Å². The maximum atomic E-state index is 14.0. The number of methoxy groups -OCH3 is 2. The number of sulfonamides is 1. The third kappa shape index (κ3) is 8.00. The molecule has 0 saturated carbocycles. The normalized spacial score (nSPS) is 11.8. The van der Waals surface area contributed by atoms with Crippen molar-refractivity contribution in [3.63, 3.8) is 0 Å². The minimum absolute atomic E-state index is 0.0360. The minimum Gasteiger partial charge on any atom is -0.497 e. The molecule has 0 heterocycles. The Bertz CT molecular complexity index is 1410. The molecule has 0 bridgehead atoms. The van der Waals surface area contributed by atoms with E-state index in [2.05, 4.69) is 5.32 Å². The zero-order valence-corrected chi connectivity index (χ0v) is 25.1. The van der Waals surface area contributed by atoms with Crippen molar-refractivity contribution in [3.05, 3.63) is 83.9 Å². The standard InChI is InChI=1S/C31H39N3O6S/c1-6-7-20-32-31(36)24(3)33(21-25-14-16-26(39-4)17-15-25)30(35)22-34(28-10-8-9-11-29(28)40-5)41(37,38)27-18-12-23(2)13-19-27/h8-19,24H,6-7,20-22H2,1-5H3,(H,32,36)/t24-/m1/s1. The van der Waals surface area contributed by atoms with Gasteiger partial charge in [-0.3, -0.25) is 13.9 Å². The van der Waals surface area contributed by atoms with E-state index in [4.69, 9.17) is 9.47 Å². The maximum absolute atomic E-state index is 14.0. The summed E-state index contributed by atoms with van der Waals surface area (Å²) in [5, 5.41) is 2.88. The van der Waals surface area contributed by atoms with Gasteiger partial charge in [0.2, 0.25) is 11.8 Å². The van der Waals surface area contributed by atoms with Crippen molar-refractivity contribution in [3.8, 4) is 11.5 Å². The average molecular weight is 582 g/mol. The number of unbranched alkanes of at least 4 members (excludes halogenated alkanes) is 1. The van der Waals surface area contributed by atoms with Crippen LogP contribution in [0.25, 0.3) is 0 Å². The van der Waals surface area contributed by atoms with E-state index in [1.54, 1.807) is 62.6 Å². The number of hydrogen-bond acceptors (Lipinski definition) is 6. The van der Waals surface area contributed by atoms with Crippen molar-refractivity contribution in [2.24, 2.45) is 0 Å². The molecule has 0 unspecified atom stereocenters. The zero-order valence-electron chi connectivity index (χ0n) is 24.3. The van der Waals surface area contributed by atoms with E-state index in [1.165, 1.54) is 24.1 Å². The van der Waals surface area contributed by atoms with Crippen LogP contribution in [0.15, 0.2) is 77.7 Å². The van der Waals surface area contributed by atoms with Crippen molar-refractivity contribution < 1.29 is 27.5 Å². The van der Waals surface area contributed by atoms with Gasteiger partial charge in [0.15, 0.2) is 0 Å². The Morgan fingerprint density at radius 2 is 1.59 bits per heavy atom.